The van der Waals surface area contributed by atoms with E-state index in [0.717, 1.165) is 45.9 Å². The molecule has 0 aromatic rings. The summed E-state index contributed by atoms with van der Waals surface area (Å²) in [7, 11) is 0. The first-order valence-corrected chi connectivity index (χ1v) is 15.9. The fourth-order valence-corrected chi connectivity index (χ4v) is 3.83. The van der Waals surface area contributed by atoms with Gasteiger partial charge in [0.05, 0.1) is 139 Å². The van der Waals surface area contributed by atoms with Crippen molar-refractivity contribution in [2.24, 2.45) is 5.73 Å². The molecule has 0 unspecified atom stereocenters. The zero-order chi connectivity index (χ0) is 31.6. The number of carboxylic acids is 1. The maximum absolute atomic E-state index is 10.3. The Kier molecular flexibility index (Phi) is 31.0. The lowest BCUT2D eigenvalue weighted by Crippen LogP contribution is -2.48. The highest BCUT2D eigenvalue weighted by Gasteiger charge is 2.16. The minimum atomic E-state index is -0.870. The molecule has 0 spiro atoms. The summed E-state index contributed by atoms with van der Waals surface area (Å²) in [6.45, 7) is 17.0. The molecule has 0 saturated carbocycles. The average molecular weight is 642 g/mol. The Bertz CT molecular complexity index is 604. The molecular weight excluding hydrogens is 582 g/mol. The van der Waals surface area contributed by atoms with E-state index in [0.29, 0.717) is 125 Å². The molecule has 1 aliphatic rings. The van der Waals surface area contributed by atoms with Gasteiger partial charge in [0.1, 0.15) is 0 Å². The number of hydrogen-bond acceptors (Lipinski definition) is 14. The molecule has 0 aromatic carbocycles. The Morgan fingerprint density at radius 3 is 0.955 bits per heavy atom. The van der Waals surface area contributed by atoms with Crippen molar-refractivity contribution >= 4 is 5.97 Å². The first-order valence-electron chi connectivity index (χ1n) is 15.9. The van der Waals surface area contributed by atoms with Crippen molar-refractivity contribution in [1.29, 1.82) is 0 Å². The van der Waals surface area contributed by atoms with Crippen LogP contribution in [-0.4, -0.2) is 199 Å². The number of ether oxygens (including phenoxy) is 10. The minimum absolute atomic E-state index is 0.00153. The molecule has 1 saturated heterocycles. The van der Waals surface area contributed by atoms with Crippen molar-refractivity contribution in [2.45, 2.75) is 6.42 Å². The fraction of sp³-hybridized carbons (Fsp3) is 0.966. The maximum atomic E-state index is 10.3. The predicted molar refractivity (Wildman–Crippen MR) is 162 cm³/mol. The quantitative estimate of drug-likeness (QED) is 0.0827. The Morgan fingerprint density at radius 1 is 0.432 bits per heavy atom. The predicted octanol–water partition coefficient (Wildman–Crippen LogP) is -0.797. The summed E-state index contributed by atoms with van der Waals surface area (Å²) in [5.74, 6) is -0.870. The van der Waals surface area contributed by atoms with Gasteiger partial charge in [-0.3, -0.25) is 14.6 Å². The SMILES string of the molecule is NCCOCCOCCN1CCN(CCOCCOCCOCCOCCOCCOCCOCCOCCC(=O)O)CC1. The van der Waals surface area contributed by atoms with Crippen LogP contribution in [0.25, 0.3) is 0 Å². The monoisotopic (exact) mass is 641 g/mol. The first kappa shape index (κ1) is 41.0. The molecule has 1 aliphatic heterocycles. The second kappa shape index (κ2) is 33.3. The maximum Gasteiger partial charge on any atom is 0.305 e. The topological polar surface area (TPSA) is 162 Å². The summed E-state index contributed by atoms with van der Waals surface area (Å²) in [5, 5.41) is 8.49. The summed E-state index contributed by atoms with van der Waals surface area (Å²) < 4.78 is 54.4. The van der Waals surface area contributed by atoms with E-state index in [9.17, 15) is 4.79 Å². The molecule has 0 aromatic heterocycles. The normalized spacial score (nSPS) is 14.5. The highest BCUT2D eigenvalue weighted by molar-refractivity contribution is 5.66. The molecule has 44 heavy (non-hydrogen) atoms. The number of carbonyl (C=O) groups is 1. The minimum Gasteiger partial charge on any atom is -0.481 e. The molecule has 0 aliphatic carbocycles. The molecule has 1 fully saturated rings. The molecule has 15 heteroatoms. The van der Waals surface area contributed by atoms with E-state index in [4.69, 9.17) is 58.2 Å². The summed E-state index contributed by atoms with van der Waals surface area (Å²) in [6.07, 6.45) is 0.00153. The van der Waals surface area contributed by atoms with Crippen LogP contribution in [0, 0.1) is 0 Å². The molecule has 15 nitrogen and oxygen atoms in total. The van der Waals surface area contributed by atoms with Gasteiger partial charge in [-0.1, -0.05) is 0 Å². The third-order valence-corrected chi connectivity index (χ3v) is 6.27. The van der Waals surface area contributed by atoms with Crippen LogP contribution >= 0.6 is 0 Å². The first-order chi connectivity index (χ1) is 21.7. The third-order valence-electron chi connectivity index (χ3n) is 6.27. The number of nitrogens with zero attached hydrogens (tertiary/aromatic N) is 2. The highest BCUT2D eigenvalue weighted by atomic mass is 16.6. The van der Waals surface area contributed by atoms with Gasteiger partial charge >= 0.3 is 5.97 Å². The van der Waals surface area contributed by atoms with Crippen molar-refractivity contribution in [3.05, 3.63) is 0 Å². The number of aliphatic carboxylic acids is 1. The van der Waals surface area contributed by atoms with E-state index in [1.807, 2.05) is 0 Å². The highest BCUT2D eigenvalue weighted by Crippen LogP contribution is 2.01. The lowest BCUT2D eigenvalue weighted by molar-refractivity contribution is -0.138. The van der Waals surface area contributed by atoms with Crippen LogP contribution in [0.4, 0.5) is 0 Å². The smallest absolute Gasteiger partial charge is 0.305 e. The zero-order valence-corrected chi connectivity index (χ0v) is 26.7. The summed E-state index contributed by atoms with van der Waals surface area (Å²) in [6, 6.07) is 0. The number of hydrogen-bond donors (Lipinski definition) is 2. The Morgan fingerprint density at radius 2 is 0.682 bits per heavy atom. The van der Waals surface area contributed by atoms with Gasteiger partial charge in [0.25, 0.3) is 0 Å². The zero-order valence-electron chi connectivity index (χ0n) is 26.7. The molecule has 0 bridgehead atoms. The third kappa shape index (κ3) is 29.6. The van der Waals surface area contributed by atoms with Crippen LogP contribution in [0.2, 0.25) is 0 Å². The van der Waals surface area contributed by atoms with E-state index in [1.54, 1.807) is 0 Å². The van der Waals surface area contributed by atoms with Crippen LogP contribution in [0.5, 0.6) is 0 Å². The van der Waals surface area contributed by atoms with Crippen LogP contribution in [0.1, 0.15) is 6.42 Å². The second-order valence-electron chi connectivity index (χ2n) is 9.74. The molecular formula is C29H59N3O12. The molecule has 262 valence electrons. The van der Waals surface area contributed by atoms with Gasteiger partial charge in [-0.05, 0) is 0 Å². The lowest BCUT2D eigenvalue weighted by Gasteiger charge is -2.34. The molecule has 0 amide bonds. The number of piperazine rings is 1. The Hall–Kier alpha value is -1.05. The molecule has 1 heterocycles. The van der Waals surface area contributed by atoms with Crippen molar-refractivity contribution in [3.8, 4) is 0 Å². The van der Waals surface area contributed by atoms with Crippen molar-refractivity contribution in [2.75, 3.05) is 178 Å². The van der Waals surface area contributed by atoms with Gasteiger partial charge in [-0.2, -0.15) is 0 Å². The standard InChI is InChI=1S/C29H59N3O12/c30-2-10-36-14-15-37-11-7-31-3-5-32(6-4-31)8-12-38-16-18-40-20-22-42-24-26-44-28-27-43-25-23-41-21-19-39-17-13-35-9-1-29(33)34/h1-28,30H2,(H,33,34). The van der Waals surface area contributed by atoms with Gasteiger partial charge < -0.3 is 58.2 Å². The molecule has 0 atom stereocenters. The van der Waals surface area contributed by atoms with E-state index < -0.39 is 5.97 Å². The van der Waals surface area contributed by atoms with Crippen LogP contribution < -0.4 is 5.73 Å². The average Bonchev–Trinajstić information content (AvgIpc) is 3.02. The molecule has 3 N–H and O–H groups in total. The van der Waals surface area contributed by atoms with Gasteiger partial charge in [0.2, 0.25) is 0 Å². The van der Waals surface area contributed by atoms with Crippen LogP contribution in [0.15, 0.2) is 0 Å². The summed E-state index contributed by atoms with van der Waals surface area (Å²) in [4.78, 5) is 15.2. The van der Waals surface area contributed by atoms with Crippen molar-refractivity contribution in [3.63, 3.8) is 0 Å². The second-order valence-corrected chi connectivity index (χ2v) is 9.74. The lowest BCUT2D eigenvalue weighted by atomic mass is 10.3. The summed E-state index contributed by atoms with van der Waals surface area (Å²) >= 11 is 0. The van der Waals surface area contributed by atoms with Gasteiger partial charge in [-0.25, -0.2) is 0 Å². The van der Waals surface area contributed by atoms with E-state index in [-0.39, 0.29) is 13.0 Å². The number of carboxylic acid groups (broad SMARTS) is 1. The Labute approximate surface area is 263 Å². The van der Waals surface area contributed by atoms with Crippen LogP contribution in [-0.2, 0) is 52.2 Å². The van der Waals surface area contributed by atoms with E-state index in [1.165, 1.54) is 0 Å². The van der Waals surface area contributed by atoms with Gasteiger partial charge in [0, 0.05) is 45.8 Å². The number of rotatable bonds is 35. The molecule has 0 radical (unpaired) electrons. The van der Waals surface area contributed by atoms with Gasteiger partial charge in [0.15, 0.2) is 0 Å². The summed E-state index contributed by atoms with van der Waals surface area (Å²) in [5.41, 5.74) is 5.38. The van der Waals surface area contributed by atoms with E-state index >= 15 is 0 Å². The molecule has 1 rings (SSSR count). The van der Waals surface area contributed by atoms with Crippen LogP contribution in [0.3, 0.4) is 0 Å². The Balaban J connectivity index is 1.68. The number of nitrogens with two attached hydrogens (primary N) is 1. The van der Waals surface area contributed by atoms with Crippen molar-refractivity contribution < 1.29 is 57.3 Å². The van der Waals surface area contributed by atoms with Crippen molar-refractivity contribution in [1.82, 2.24) is 9.80 Å². The fourth-order valence-electron chi connectivity index (χ4n) is 3.83. The van der Waals surface area contributed by atoms with E-state index in [2.05, 4.69) is 9.80 Å². The largest absolute Gasteiger partial charge is 0.481 e. The van der Waals surface area contributed by atoms with Gasteiger partial charge in [-0.15, -0.1) is 0 Å².